The van der Waals surface area contributed by atoms with E-state index >= 15 is 0 Å². The number of likely N-dealkylation sites (tertiary alicyclic amines) is 1. The summed E-state index contributed by atoms with van der Waals surface area (Å²) in [5, 5.41) is 8.86. The molecule has 1 amide bonds. The number of nitrogens with two attached hydrogens (primary N) is 1. The van der Waals surface area contributed by atoms with Crippen molar-refractivity contribution in [3.63, 3.8) is 0 Å². The van der Waals surface area contributed by atoms with Gasteiger partial charge in [-0.15, -0.1) is 0 Å². The van der Waals surface area contributed by atoms with Crippen LogP contribution in [0, 0.1) is 5.92 Å². The van der Waals surface area contributed by atoms with Crippen LogP contribution in [0.25, 0.3) is 0 Å². The number of piperidine rings is 1. The van der Waals surface area contributed by atoms with Crippen LogP contribution in [0.2, 0.25) is 0 Å². The Labute approximate surface area is 101 Å². The molecular formula is C13H18N2O2. The van der Waals surface area contributed by atoms with Crippen molar-refractivity contribution in [2.75, 3.05) is 18.8 Å². The topological polar surface area (TPSA) is 66.6 Å². The summed E-state index contributed by atoms with van der Waals surface area (Å²) in [4.78, 5) is 12.3. The highest BCUT2D eigenvalue weighted by molar-refractivity contribution is 5.64. The third kappa shape index (κ3) is 3.12. The smallest absolute Gasteiger partial charge is 0.407 e. The highest BCUT2D eigenvalue weighted by atomic mass is 16.4. The molecule has 17 heavy (non-hydrogen) atoms. The lowest BCUT2D eigenvalue weighted by Gasteiger charge is -2.30. The molecule has 1 aromatic rings. The van der Waals surface area contributed by atoms with E-state index in [2.05, 4.69) is 12.1 Å². The number of nitrogens with zero attached hydrogens (tertiary/aromatic N) is 1. The first-order chi connectivity index (χ1) is 8.15. The van der Waals surface area contributed by atoms with Gasteiger partial charge >= 0.3 is 6.09 Å². The first-order valence-corrected chi connectivity index (χ1v) is 5.97. The van der Waals surface area contributed by atoms with Gasteiger partial charge in [-0.3, -0.25) is 0 Å². The largest absolute Gasteiger partial charge is 0.465 e. The third-order valence-corrected chi connectivity index (χ3v) is 3.39. The number of benzene rings is 1. The van der Waals surface area contributed by atoms with E-state index in [0.29, 0.717) is 19.0 Å². The summed E-state index contributed by atoms with van der Waals surface area (Å²) in [6, 6.07) is 7.95. The van der Waals surface area contributed by atoms with Crippen molar-refractivity contribution >= 4 is 11.8 Å². The molecule has 0 unspecified atom stereocenters. The van der Waals surface area contributed by atoms with E-state index in [0.717, 1.165) is 24.9 Å². The zero-order valence-electron chi connectivity index (χ0n) is 9.80. The second-order valence-corrected chi connectivity index (χ2v) is 4.66. The number of amides is 1. The SMILES string of the molecule is Nc1ccc(CC2CCN(C(=O)O)CC2)cc1. The van der Waals surface area contributed by atoms with E-state index in [1.807, 2.05) is 12.1 Å². The second-order valence-electron chi connectivity index (χ2n) is 4.66. The number of nitrogen functional groups attached to an aromatic ring is 1. The Kier molecular flexibility index (Phi) is 3.52. The normalized spacial score (nSPS) is 17.1. The van der Waals surface area contributed by atoms with Crippen LogP contribution >= 0.6 is 0 Å². The summed E-state index contributed by atoms with van der Waals surface area (Å²) >= 11 is 0. The van der Waals surface area contributed by atoms with Gasteiger partial charge in [-0.25, -0.2) is 4.79 Å². The molecule has 0 bridgehead atoms. The molecule has 1 heterocycles. The summed E-state index contributed by atoms with van der Waals surface area (Å²) in [6.45, 7) is 1.32. The fourth-order valence-electron chi connectivity index (χ4n) is 2.32. The van der Waals surface area contributed by atoms with Crippen molar-refractivity contribution in [1.82, 2.24) is 4.90 Å². The van der Waals surface area contributed by atoms with E-state index < -0.39 is 6.09 Å². The van der Waals surface area contributed by atoms with Gasteiger partial charge in [0.2, 0.25) is 0 Å². The minimum atomic E-state index is -0.795. The van der Waals surface area contributed by atoms with Gasteiger partial charge in [0.1, 0.15) is 0 Å². The van der Waals surface area contributed by atoms with Crippen molar-refractivity contribution in [2.24, 2.45) is 5.92 Å². The highest BCUT2D eigenvalue weighted by Crippen LogP contribution is 2.22. The first-order valence-electron chi connectivity index (χ1n) is 5.97. The van der Waals surface area contributed by atoms with Crippen LogP contribution in [-0.2, 0) is 6.42 Å². The van der Waals surface area contributed by atoms with Crippen LogP contribution in [0.4, 0.5) is 10.5 Å². The number of hydrogen-bond acceptors (Lipinski definition) is 2. The molecule has 3 N–H and O–H groups in total. The van der Waals surface area contributed by atoms with Gasteiger partial charge in [0.05, 0.1) is 0 Å². The van der Waals surface area contributed by atoms with Crippen molar-refractivity contribution < 1.29 is 9.90 Å². The zero-order chi connectivity index (χ0) is 12.3. The molecule has 2 rings (SSSR count). The van der Waals surface area contributed by atoms with Crippen LogP contribution in [-0.4, -0.2) is 29.2 Å². The van der Waals surface area contributed by atoms with E-state index in [1.165, 1.54) is 10.5 Å². The van der Waals surface area contributed by atoms with E-state index in [1.54, 1.807) is 0 Å². The van der Waals surface area contributed by atoms with Crippen LogP contribution in [0.3, 0.4) is 0 Å². The summed E-state index contributed by atoms with van der Waals surface area (Å²) in [7, 11) is 0. The van der Waals surface area contributed by atoms with E-state index in [-0.39, 0.29) is 0 Å². The zero-order valence-corrected chi connectivity index (χ0v) is 9.80. The molecule has 1 aliphatic heterocycles. The van der Waals surface area contributed by atoms with Crippen molar-refractivity contribution in [3.05, 3.63) is 29.8 Å². The lowest BCUT2D eigenvalue weighted by Crippen LogP contribution is -2.37. The minimum Gasteiger partial charge on any atom is -0.465 e. The molecule has 1 aliphatic rings. The molecule has 0 aromatic heterocycles. The molecule has 0 aliphatic carbocycles. The Balaban J connectivity index is 1.85. The molecule has 0 atom stereocenters. The van der Waals surface area contributed by atoms with E-state index in [9.17, 15) is 4.79 Å². The summed E-state index contributed by atoms with van der Waals surface area (Å²) in [5.74, 6) is 0.592. The van der Waals surface area contributed by atoms with Crippen LogP contribution < -0.4 is 5.73 Å². The van der Waals surface area contributed by atoms with Crippen molar-refractivity contribution in [1.29, 1.82) is 0 Å². The molecule has 92 valence electrons. The molecule has 0 spiro atoms. The predicted molar refractivity (Wildman–Crippen MR) is 66.9 cm³/mol. The van der Waals surface area contributed by atoms with Crippen molar-refractivity contribution in [2.45, 2.75) is 19.3 Å². The molecule has 1 fully saturated rings. The first kappa shape index (κ1) is 11.8. The van der Waals surface area contributed by atoms with Gasteiger partial charge in [0, 0.05) is 18.8 Å². The average molecular weight is 234 g/mol. The van der Waals surface area contributed by atoms with Gasteiger partial charge in [-0.2, -0.15) is 0 Å². The maximum Gasteiger partial charge on any atom is 0.407 e. The molecule has 1 aromatic carbocycles. The number of carbonyl (C=O) groups is 1. The van der Waals surface area contributed by atoms with Crippen LogP contribution in [0.15, 0.2) is 24.3 Å². The Morgan fingerprint density at radius 1 is 1.29 bits per heavy atom. The molecule has 1 saturated heterocycles. The lowest BCUT2D eigenvalue weighted by molar-refractivity contribution is 0.124. The lowest BCUT2D eigenvalue weighted by atomic mass is 9.90. The van der Waals surface area contributed by atoms with Gasteiger partial charge in [0.15, 0.2) is 0 Å². The van der Waals surface area contributed by atoms with Crippen LogP contribution in [0.1, 0.15) is 18.4 Å². The predicted octanol–water partition coefficient (Wildman–Crippen LogP) is 2.20. The summed E-state index contributed by atoms with van der Waals surface area (Å²) in [5.41, 5.74) is 7.71. The Hall–Kier alpha value is -1.71. The number of anilines is 1. The molecule has 4 nitrogen and oxygen atoms in total. The number of hydrogen-bond donors (Lipinski definition) is 2. The average Bonchev–Trinajstić information content (AvgIpc) is 2.33. The van der Waals surface area contributed by atoms with Crippen LogP contribution in [0.5, 0.6) is 0 Å². The van der Waals surface area contributed by atoms with E-state index in [4.69, 9.17) is 10.8 Å². The molecular weight excluding hydrogens is 216 g/mol. The second kappa shape index (κ2) is 5.08. The maximum absolute atomic E-state index is 10.8. The Morgan fingerprint density at radius 3 is 2.41 bits per heavy atom. The van der Waals surface area contributed by atoms with Gasteiger partial charge < -0.3 is 15.7 Å². The monoisotopic (exact) mass is 234 g/mol. The van der Waals surface area contributed by atoms with Gasteiger partial charge in [-0.05, 0) is 42.9 Å². The standard InChI is InChI=1S/C13H18N2O2/c14-12-3-1-10(2-4-12)9-11-5-7-15(8-6-11)13(16)17/h1-4,11H,5-9,14H2,(H,16,17). The summed E-state index contributed by atoms with van der Waals surface area (Å²) in [6.07, 6.45) is 2.14. The molecule has 0 saturated carbocycles. The number of rotatable bonds is 2. The molecule has 0 radical (unpaired) electrons. The minimum absolute atomic E-state index is 0.592. The third-order valence-electron chi connectivity index (χ3n) is 3.39. The van der Waals surface area contributed by atoms with Crippen molar-refractivity contribution in [3.8, 4) is 0 Å². The Bertz CT molecular complexity index is 381. The fourth-order valence-corrected chi connectivity index (χ4v) is 2.32. The maximum atomic E-state index is 10.8. The number of carboxylic acid groups (broad SMARTS) is 1. The highest BCUT2D eigenvalue weighted by Gasteiger charge is 2.22. The quantitative estimate of drug-likeness (QED) is 0.771. The molecule has 4 heteroatoms. The van der Waals surface area contributed by atoms with Gasteiger partial charge in [0.25, 0.3) is 0 Å². The summed E-state index contributed by atoms with van der Waals surface area (Å²) < 4.78 is 0. The fraction of sp³-hybridized carbons (Fsp3) is 0.462. The Morgan fingerprint density at radius 2 is 1.88 bits per heavy atom. The van der Waals surface area contributed by atoms with Gasteiger partial charge in [-0.1, -0.05) is 12.1 Å².